The molecule has 0 spiro atoms. The number of carbonyl (C=O) groups is 3. The van der Waals surface area contributed by atoms with Gasteiger partial charge < -0.3 is 19.8 Å². The first-order chi connectivity index (χ1) is 29.1. The second-order valence-corrected chi connectivity index (χ2v) is 21.6. The highest BCUT2D eigenvalue weighted by Gasteiger charge is 2.41. The molecule has 3 aromatic rings. The van der Waals surface area contributed by atoms with Crippen LogP contribution < -0.4 is 0 Å². The summed E-state index contributed by atoms with van der Waals surface area (Å²) >= 11 is 0. The van der Waals surface area contributed by atoms with Crippen LogP contribution in [0.25, 0.3) is 0 Å². The van der Waals surface area contributed by atoms with Crippen LogP contribution in [0.15, 0.2) is 72.8 Å². The van der Waals surface area contributed by atoms with Crippen molar-refractivity contribution < 1.29 is 45.1 Å². The number of likely N-dealkylation sites (tertiary alicyclic amines) is 1. The zero-order valence-electron chi connectivity index (χ0n) is 37.1. The van der Waals surface area contributed by atoms with E-state index < -0.39 is 31.9 Å². The minimum atomic E-state index is -3.15. The highest BCUT2D eigenvalue weighted by atomic mass is 32.2. The van der Waals surface area contributed by atoms with Gasteiger partial charge in [-0.3, -0.25) is 14.4 Å². The number of benzene rings is 3. The Morgan fingerprint density at radius 3 is 1.18 bits per heavy atom. The number of aliphatic hydroxyl groups is 1. The Morgan fingerprint density at radius 2 is 0.887 bits per heavy atom. The molecular formula is C46H64F2N4O8S2. The molecule has 3 aliphatic rings. The van der Waals surface area contributed by atoms with Crippen molar-refractivity contribution in [2.45, 2.75) is 91.1 Å². The highest BCUT2D eigenvalue weighted by molar-refractivity contribution is 7.91. The number of nitrogens with zero attached hydrogens (tertiary/aromatic N) is 4. The minimum absolute atomic E-state index is 0.0242. The molecule has 3 aliphatic heterocycles. The smallest absolute Gasteiger partial charge is 0.266 e. The van der Waals surface area contributed by atoms with Gasteiger partial charge in [0, 0.05) is 69.0 Å². The lowest BCUT2D eigenvalue weighted by Crippen LogP contribution is -2.50. The zero-order valence-corrected chi connectivity index (χ0v) is 38.7. The summed E-state index contributed by atoms with van der Waals surface area (Å²) in [5.74, 6) is 1.25. The number of amides is 3. The first-order valence-electron chi connectivity index (χ1n) is 21.4. The molecule has 342 valence electrons. The van der Waals surface area contributed by atoms with Crippen LogP contribution in [-0.2, 0) is 19.9 Å². The topological polar surface area (TPSA) is 153 Å². The fraction of sp³-hybridized carbons (Fsp3) is 0.543. The summed E-state index contributed by atoms with van der Waals surface area (Å²) in [7, 11) is -6.10. The minimum Gasteiger partial charge on any atom is -0.384 e. The van der Waals surface area contributed by atoms with Gasteiger partial charge in [0.1, 0.15) is 5.60 Å². The van der Waals surface area contributed by atoms with Gasteiger partial charge in [-0.1, -0.05) is 77.9 Å². The van der Waals surface area contributed by atoms with Crippen LogP contribution in [0.2, 0.25) is 0 Å². The van der Waals surface area contributed by atoms with E-state index in [1.54, 1.807) is 28.9 Å². The van der Waals surface area contributed by atoms with Gasteiger partial charge in [0.25, 0.3) is 24.1 Å². The van der Waals surface area contributed by atoms with Gasteiger partial charge in [-0.25, -0.2) is 25.6 Å². The average molecular weight is 903 g/mol. The molecule has 3 fully saturated rings. The molecule has 3 heterocycles. The first-order valence-corrected chi connectivity index (χ1v) is 24.9. The van der Waals surface area contributed by atoms with E-state index in [4.69, 9.17) is 0 Å². The molecule has 0 aromatic heterocycles. The molecule has 3 amide bonds. The molecule has 3 aromatic carbocycles. The van der Waals surface area contributed by atoms with Gasteiger partial charge in [0.2, 0.25) is 10.0 Å². The van der Waals surface area contributed by atoms with Gasteiger partial charge in [-0.2, -0.15) is 4.31 Å². The summed E-state index contributed by atoms with van der Waals surface area (Å²) in [6, 6.07) is 22.6. The Bertz CT molecular complexity index is 2150. The molecule has 3 saturated heterocycles. The van der Waals surface area contributed by atoms with E-state index in [2.05, 4.69) is 41.5 Å². The van der Waals surface area contributed by atoms with Crippen molar-refractivity contribution in [2.75, 3.05) is 69.6 Å². The van der Waals surface area contributed by atoms with Crippen molar-refractivity contribution in [2.24, 2.45) is 0 Å². The zero-order chi connectivity index (χ0) is 46.0. The van der Waals surface area contributed by atoms with Gasteiger partial charge in [0.15, 0.2) is 9.84 Å². The lowest BCUT2D eigenvalue weighted by atomic mass is 9.91. The van der Waals surface area contributed by atoms with Crippen LogP contribution >= 0.6 is 0 Å². The molecule has 1 N–H and O–H groups in total. The van der Waals surface area contributed by atoms with Crippen LogP contribution in [0.3, 0.4) is 0 Å². The molecule has 0 saturated carbocycles. The van der Waals surface area contributed by atoms with E-state index in [-0.39, 0.29) is 60.9 Å². The quantitative estimate of drug-likeness (QED) is 0.251. The van der Waals surface area contributed by atoms with Gasteiger partial charge in [0.05, 0.1) is 17.3 Å². The maximum Gasteiger partial charge on any atom is 0.266 e. The third-order valence-corrected chi connectivity index (χ3v) is 15.2. The fourth-order valence-corrected chi connectivity index (χ4v) is 9.45. The van der Waals surface area contributed by atoms with E-state index in [0.717, 1.165) is 5.56 Å². The van der Waals surface area contributed by atoms with E-state index in [1.165, 1.54) is 20.3 Å². The summed E-state index contributed by atoms with van der Waals surface area (Å²) in [6.45, 7) is 16.8. The number of halogens is 2. The first kappa shape index (κ1) is 50.4. The van der Waals surface area contributed by atoms with Gasteiger partial charge in [-0.15, -0.1) is 0 Å². The summed E-state index contributed by atoms with van der Waals surface area (Å²) in [5, 5.41) is 9.73. The molecule has 16 heteroatoms. The van der Waals surface area contributed by atoms with Crippen molar-refractivity contribution in [3.05, 3.63) is 106 Å². The fourth-order valence-electron chi connectivity index (χ4n) is 7.16. The largest absolute Gasteiger partial charge is 0.384 e. The van der Waals surface area contributed by atoms with Gasteiger partial charge >= 0.3 is 0 Å². The molecule has 0 atom stereocenters. The van der Waals surface area contributed by atoms with E-state index in [9.17, 15) is 45.1 Å². The van der Waals surface area contributed by atoms with Crippen LogP contribution in [0.1, 0.15) is 127 Å². The molecule has 6 rings (SSSR count). The normalized spacial score (nSPS) is 17.9. The Labute approximate surface area is 367 Å². The van der Waals surface area contributed by atoms with Crippen LogP contribution in [0, 0.1) is 0 Å². The summed E-state index contributed by atoms with van der Waals surface area (Å²) in [5.41, 5.74) is 3.45. The molecule has 0 unspecified atom stereocenters. The lowest BCUT2D eigenvalue weighted by Gasteiger charge is -2.37. The van der Waals surface area contributed by atoms with Crippen LogP contribution in [-0.4, -0.2) is 140 Å². The lowest BCUT2D eigenvalue weighted by molar-refractivity contribution is -0.122. The van der Waals surface area contributed by atoms with Crippen molar-refractivity contribution in [1.82, 2.24) is 19.0 Å². The SMILES string of the molecule is CC(C)c1ccc(C(=O)N2CCC(O)(C(F)F)CC2)cc1.CC(C)c1ccc(C(=O)N2CCS(=O)(=O)CC2)cc1.CCS(=O)(=O)N1CCN(C(=O)c2ccc(C(C)C)cc2)CC1. The molecule has 0 bridgehead atoms. The van der Waals surface area contributed by atoms with Crippen molar-refractivity contribution in [1.29, 1.82) is 0 Å². The predicted molar refractivity (Wildman–Crippen MR) is 239 cm³/mol. The average Bonchev–Trinajstić information content (AvgIpc) is 3.26. The standard InChI is InChI=1S/C16H21F2NO2.C16H24N2O3S.C14H19NO3S/c1-11(2)12-3-5-13(6-4-12)14(20)19-9-7-16(21,8-10-19)15(17)18;1-4-22(20,21)18-11-9-17(10-12-18)16(19)15-7-5-14(6-8-15)13(2)3;1-11(2)12-3-5-13(6-4-12)14(16)15-7-9-19(17,18)10-8-15/h3-6,11,15,21H,7-10H2,1-2H3;5-8,13H,4,9-12H2,1-3H3;3-6,11H,7-10H2,1-2H3. The number of sulfonamides is 1. The van der Waals surface area contributed by atoms with E-state index in [0.29, 0.717) is 73.7 Å². The number of hydrogen-bond donors (Lipinski definition) is 1. The number of carbonyl (C=O) groups excluding carboxylic acids is 3. The van der Waals surface area contributed by atoms with E-state index >= 15 is 0 Å². The molecule has 0 aliphatic carbocycles. The number of piperazine rings is 1. The number of rotatable bonds is 9. The van der Waals surface area contributed by atoms with Crippen molar-refractivity contribution in [3.63, 3.8) is 0 Å². The summed E-state index contributed by atoms with van der Waals surface area (Å²) in [4.78, 5) is 41.9. The monoisotopic (exact) mass is 902 g/mol. The Kier molecular flexibility index (Phi) is 17.8. The third kappa shape index (κ3) is 13.6. The van der Waals surface area contributed by atoms with Crippen molar-refractivity contribution >= 4 is 37.6 Å². The van der Waals surface area contributed by atoms with Gasteiger partial charge in [-0.05, 0) is 90.6 Å². The second-order valence-electron chi connectivity index (χ2n) is 17.1. The Morgan fingerprint density at radius 1 is 0.581 bits per heavy atom. The molecule has 0 radical (unpaired) electrons. The second kappa shape index (κ2) is 21.9. The number of sulfone groups is 1. The predicted octanol–water partition coefficient (Wildman–Crippen LogP) is 6.64. The van der Waals surface area contributed by atoms with Crippen LogP contribution in [0.5, 0.6) is 0 Å². The maximum atomic E-state index is 12.7. The number of alkyl halides is 2. The Hall–Kier alpha value is -4.25. The third-order valence-electron chi connectivity index (χ3n) is 11.7. The summed E-state index contributed by atoms with van der Waals surface area (Å²) in [6.07, 6.45) is -2.93. The molecular weight excluding hydrogens is 839 g/mol. The van der Waals surface area contributed by atoms with E-state index in [1.807, 2.05) is 60.7 Å². The molecule has 12 nitrogen and oxygen atoms in total. The van der Waals surface area contributed by atoms with Crippen molar-refractivity contribution in [3.8, 4) is 0 Å². The molecule has 62 heavy (non-hydrogen) atoms. The number of piperidine rings is 1. The maximum absolute atomic E-state index is 12.7. The summed E-state index contributed by atoms with van der Waals surface area (Å²) < 4.78 is 73.2. The highest BCUT2D eigenvalue weighted by Crippen LogP contribution is 2.29. The number of hydrogen-bond acceptors (Lipinski definition) is 8. The Balaban J connectivity index is 0.000000205. The van der Waals surface area contributed by atoms with Crippen LogP contribution in [0.4, 0.5) is 8.78 Å².